The predicted molar refractivity (Wildman–Crippen MR) is 129 cm³/mol. The highest BCUT2D eigenvalue weighted by Crippen LogP contribution is 2.62. The molecule has 1 saturated heterocycles. The zero-order valence-electron chi connectivity index (χ0n) is 21.3. The molecule has 3 aliphatic rings. The number of aliphatic hydroxyl groups is 7. The van der Waals surface area contributed by atoms with Crippen molar-refractivity contribution < 1.29 is 54.8 Å². The lowest BCUT2D eigenvalue weighted by Gasteiger charge is -2.60. The maximum Gasteiger partial charge on any atom is 0.338 e. The molecule has 210 valence electrons. The molecule has 0 radical (unpaired) electrons. The van der Waals surface area contributed by atoms with Crippen molar-refractivity contribution in [1.29, 1.82) is 0 Å². The van der Waals surface area contributed by atoms with Crippen molar-refractivity contribution in [3.8, 4) is 0 Å². The number of aliphatic hydroxyl groups excluding tert-OH is 7. The van der Waals surface area contributed by atoms with E-state index in [1.165, 1.54) is 0 Å². The van der Waals surface area contributed by atoms with Crippen molar-refractivity contribution >= 4 is 11.9 Å². The summed E-state index contributed by atoms with van der Waals surface area (Å²) in [5.41, 5.74) is -0.0527. The molecule has 1 heterocycles. The summed E-state index contributed by atoms with van der Waals surface area (Å²) in [5, 5.41) is 69.2. The number of hydrogen-bond acceptors (Lipinski definition) is 11. The SMILES string of the molecule is C=C1CCC2[C@](C)(CO)[C@H](OC(=O)[C@@H](O)[C@@H](O)[C@H](O)[C@H](O)CO)CC[C@@]2(C)[C@@H]1C/C=C1\C(=O)OCC1O. The Morgan fingerprint density at radius 1 is 1.19 bits per heavy atom. The van der Waals surface area contributed by atoms with Crippen LogP contribution in [-0.4, -0.2) is 104 Å². The van der Waals surface area contributed by atoms with E-state index in [0.29, 0.717) is 32.1 Å². The van der Waals surface area contributed by atoms with Gasteiger partial charge in [-0.05, 0) is 49.4 Å². The summed E-state index contributed by atoms with van der Waals surface area (Å²) >= 11 is 0. The third-order valence-corrected chi connectivity index (χ3v) is 8.95. The molecule has 0 bridgehead atoms. The van der Waals surface area contributed by atoms with Crippen LogP contribution in [0.4, 0.5) is 0 Å². The number of esters is 2. The molecule has 10 atom stereocenters. The molecule has 37 heavy (non-hydrogen) atoms. The zero-order chi connectivity index (χ0) is 27.7. The van der Waals surface area contributed by atoms with Gasteiger partial charge in [0.25, 0.3) is 0 Å². The van der Waals surface area contributed by atoms with Gasteiger partial charge in [-0.2, -0.15) is 0 Å². The van der Waals surface area contributed by atoms with Crippen molar-refractivity contribution in [1.82, 2.24) is 0 Å². The lowest BCUT2D eigenvalue weighted by atomic mass is 9.46. The summed E-state index contributed by atoms with van der Waals surface area (Å²) in [5.74, 6) is -1.94. The fourth-order valence-electron chi connectivity index (χ4n) is 6.61. The molecule has 11 nitrogen and oxygen atoms in total. The topological polar surface area (TPSA) is 194 Å². The van der Waals surface area contributed by atoms with Crippen molar-refractivity contribution in [3.63, 3.8) is 0 Å². The van der Waals surface area contributed by atoms with Gasteiger partial charge in [0.1, 0.15) is 37.1 Å². The second kappa shape index (κ2) is 11.5. The quantitative estimate of drug-likeness (QED) is 0.110. The summed E-state index contributed by atoms with van der Waals surface area (Å²) in [4.78, 5) is 24.6. The first-order valence-electron chi connectivity index (χ1n) is 12.7. The molecule has 3 fully saturated rings. The minimum Gasteiger partial charge on any atom is -0.460 e. The van der Waals surface area contributed by atoms with Crippen molar-refractivity contribution in [3.05, 3.63) is 23.8 Å². The fourth-order valence-corrected chi connectivity index (χ4v) is 6.61. The highest BCUT2D eigenvalue weighted by atomic mass is 16.6. The minimum atomic E-state index is -2.17. The number of cyclic esters (lactones) is 1. The standard InChI is InChI=1S/C26H40O11/c1-13-4-7-18-25(2,15(13)6-5-14-17(30)11-36-23(14)34)9-8-19(26(18,3)12-28)37-24(35)22(33)21(32)20(31)16(29)10-27/h5,15-22,27-33H,1,4,6-12H2,2-3H3/b14-5-/t15-,16-,17?,18?,19-,20-,21+,22+,25+,26+/m1/s1. The van der Waals surface area contributed by atoms with E-state index in [1.807, 2.05) is 6.92 Å². The molecule has 7 N–H and O–H groups in total. The lowest BCUT2D eigenvalue weighted by molar-refractivity contribution is -0.202. The summed E-state index contributed by atoms with van der Waals surface area (Å²) in [6, 6.07) is 0. The Morgan fingerprint density at radius 3 is 2.43 bits per heavy atom. The Labute approximate surface area is 216 Å². The lowest BCUT2D eigenvalue weighted by Crippen LogP contribution is -2.59. The molecule has 3 rings (SSSR count). The molecule has 11 heteroatoms. The van der Waals surface area contributed by atoms with Crippen LogP contribution in [0.1, 0.15) is 46.0 Å². The maximum absolute atomic E-state index is 12.7. The Hall–Kier alpha value is -1.86. The van der Waals surface area contributed by atoms with E-state index in [2.05, 4.69) is 13.5 Å². The Morgan fingerprint density at radius 2 is 1.86 bits per heavy atom. The van der Waals surface area contributed by atoms with E-state index in [9.17, 15) is 40.2 Å². The Balaban J connectivity index is 1.79. The largest absolute Gasteiger partial charge is 0.460 e. The van der Waals surface area contributed by atoms with Gasteiger partial charge < -0.3 is 45.2 Å². The van der Waals surface area contributed by atoms with Gasteiger partial charge in [-0.3, -0.25) is 0 Å². The smallest absolute Gasteiger partial charge is 0.338 e. The monoisotopic (exact) mass is 528 g/mol. The van der Waals surface area contributed by atoms with Crippen LogP contribution < -0.4 is 0 Å². The number of rotatable bonds is 9. The molecule has 0 aromatic heterocycles. The molecule has 2 unspecified atom stereocenters. The first-order chi connectivity index (χ1) is 17.3. The van der Waals surface area contributed by atoms with Crippen LogP contribution in [-0.2, 0) is 19.1 Å². The predicted octanol–water partition coefficient (Wildman–Crippen LogP) is -1.05. The normalized spacial score (nSPS) is 38.5. The van der Waals surface area contributed by atoms with E-state index in [1.54, 1.807) is 6.08 Å². The van der Waals surface area contributed by atoms with E-state index >= 15 is 0 Å². The number of fused-ring (bicyclic) bond motifs is 1. The van der Waals surface area contributed by atoms with E-state index < -0.39 is 60.6 Å². The molecular weight excluding hydrogens is 488 g/mol. The number of carbonyl (C=O) groups is 2. The first-order valence-corrected chi connectivity index (χ1v) is 12.7. The Bertz CT molecular complexity index is 903. The van der Waals surface area contributed by atoms with Gasteiger partial charge in [0, 0.05) is 5.41 Å². The van der Waals surface area contributed by atoms with Gasteiger partial charge in [-0.15, -0.1) is 0 Å². The molecule has 0 aromatic rings. The van der Waals surface area contributed by atoms with E-state index in [0.717, 1.165) is 5.57 Å². The average Bonchev–Trinajstić information content (AvgIpc) is 3.20. The Kier molecular flexibility index (Phi) is 9.22. The number of ether oxygens (including phenoxy) is 2. The fraction of sp³-hybridized carbons (Fsp3) is 0.769. The molecule has 0 aromatic carbocycles. The van der Waals surface area contributed by atoms with Crippen LogP contribution in [0.25, 0.3) is 0 Å². The van der Waals surface area contributed by atoms with E-state index in [-0.39, 0.29) is 36.0 Å². The van der Waals surface area contributed by atoms with Crippen LogP contribution in [0.3, 0.4) is 0 Å². The molecule has 1 aliphatic heterocycles. The van der Waals surface area contributed by atoms with Crippen LogP contribution in [0, 0.1) is 22.7 Å². The summed E-state index contributed by atoms with van der Waals surface area (Å²) < 4.78 is 10.5. The van der Waals surface area contributed by atoms with E-state index in [4.69, 9.17) is 14.6 Å². The zero-order valence-corrected chi connectivity index (χ0v) is 21.3. The summed E-state index contributed by atoms with van der Waals surface area (Å²) in [6.07, 6.45) is -5.36. The summed E-state index contributed by atoms with van der Waals surface area (Å²) in [7, 11) is 0. The highest BCUT2D eigenvalue weighted by molar-refractivity contribution is 5.91. The van der Waals surface area contributed by atoms with Gasteiger partial charge in [-0.25, -0.2) is 9.59 Å². The van der Waals surface area contributed by atoms with Gasteiger partial charge in [0.15, 0.2) is 6.10 Å². The maximum atomic E-state index is 12.7. The van der Waals surface area contributed by atoms with Crippen molar-refractivity contribution in [2.45, 2.75) is 82.6 Å². The van der Waals surface area contributed by atoms with Crippen LogP contribution in [0.2, 0.25) is 0 Å². The second-order valence-electron chi connectivity index (χ2n) is 11.1. The second-order valence-corrected chi connectivity index (χ2v) is 11.1. The van der Waals surface area contributed by atoms with Crippen LogP contribution in [0.5, 0.6) is 0 Å². The third kappa shape index (κ3) is 5.49. The first kappa shape index (κ1) is 29.7. The van der Waals surface area contributed by atoms with Crippen molar-refractivity contribution in [2.75, 3.05) is 19.8 Å². The number of allylic oxidation sites excluding steroid dienone is 2. The molecule has 2 saturated carbocycles. The van der Waals surface area contributed by atoms with Gasteiger partial charge >= 0.3 is 11.9 Å². The third-order valence-electron chi connectivity index (χ3n) is 8.95. The van der Waals surface area contributed by atoms with Crippen LogP contribution in [0.15, 0.2) is 23.8 Å². The van der Waals surface area contributed by atoms with Crippen LogP contribution >= 0.6 is 0 Å². The van der Waals surface area contributed by atoms with Gasteiger partial charge in [0.2, 0.25) is 0 Å². The minimum absolute atomic E-state index is 0.0654. The molecule has 0 spiro atoms. The number of carbonyl (C=O) groups excluding carboxylic acids is 2. The van der Waals surface area contributed by atoms with Gasteiger partial charge in [-0.1, -0.05) is 32.1 Å². The average molecular weight is 529 g/mol. The molecule has 2 aliphatic carbocycles. The molecular formula is C26H40O11. The van der Waals surface area contributed by atoms with Crippen molar-refractivity contribution in [2.24, 2.45) is 22.7 Å². The molecule has 0 amide bonds. The number of hydrogen-bond donors (Lipinski definition) is 7. The summed E-state index contributed by atoms with van der Waals surface area (Å²) in [6.45, 7) is 6.89. The van der Waals surface area contributed by atoms with Gasteiger partial charge in [0.05, 0.1) is 18.8 Å². The highest BCUT2D eigenvalue weighted by Gasteiger charge is 2.59.